The van der Waals surface area contributed by atoms with Crippen molar-refractivity contribution < 1.29 is 37.4 Å². The van der Waals surface area contributed by atoms with Gasteiger partial charge in [-0.25, -0.2) is 18.4 Å². The molecule has 0 radical (unpaired) electrons. The number of carbonyl (C=O) groups is 3. The first-order chi connectivity index (χ1) is 36.9. The van der Waals surface area contributed by atoms with Crippen molar-refractivity contribution in [3.8, 4) is 41.5 Å². The summed E-state index contributed by atoms with van der Waals surface area (Å²) in [6.45, 7) is 4.23. The van der Waals surface area contributed by atoms with Crippen molar-refractivity contribution >= 4 is 56.4 Å². The van der Waals surface area contributed by atoms with E-state index in [9.17, 15) is 19.2 Å². The third-order valence-electron chi connectivity index (χ3n) is 16.6. The summed E-state index contributed by atoms with van der Waals surface area (Å²) >= 11 is 0. The number of halogens is 2. The Morgan fingerprint density at radius 2 is 1.78 bits per heavy atom. The van der Waals surface area contributed by atoms with Gasteiger partial charge in [-0.3, -0.25) is 33.9 Å². The molecule has 19 heteroatoms. The van der Waals surface area contributed by atoms with E-state index in [0.717, 1.165) is 50.6 Å². The van der Waals surface area contributed by atoms with Gasteiger partial charge < -0.3 is 29.3 Å². The van der Waals surface area contributed by atoms with Crippen molar-refractivity contribution in [3.63, 3.8) is 0 Å². The van der Waals surface area contributed by atoms with Crippen LogP contribution in [-0.2, 0) is 26.1 Å². The average Bonchev–Trinajstić information content (AvgIpc) is 4.28. The van der Waals surface area contributed by atoms with Gasteiger partial charge >= 0.3 is 17.8 Å². The second-order valence-corrected chi connectivity index (χ2v) is 21.1. The molecule has 5 atom stereocenters. The molecule has 6 fully saturated rings. The van der Waals surface area contributed by atoms with Crippen molar-refractivity contribution in [2.24, 2.45) is 7.05 Å². The first kappa shape index (κ1) is 49.4. The second-order valence-electron chi connectivity index (χ2n) is 21.1. The number of aryl methyl sites for hydroxylation is 1. The monoisotopic (exact) mass is 1030 g/mol. The van der Waals surface area contributed by atoms with Crippen LogP contribution < -0.4 is 26.0 Å². The number of hydrogen-bond donors (Lipinski definition) is 2. The van der Waals surface area contributed by atoms with Crippen LogP contribution in [0.2, 0.25) is 0 Å². The van der Waals surface area contributed by atoms with E-state index in [2.05, 4.69) is 43.2 Å². The summed E-state index contributed by atoms with van der Waals surface area (Å²) < 4.78 is 53.9. The van der Waals surface area contributed by atoms with Gasteiger partial charge in [0, 0.05) is 86.9 Å². The van der Waals surface area contributed by atoms with Crippen molar-refractivity contribution in [1.29, 1.82) is 0 Å². The molecule has 17 nitrogen and oxygen atoms in total. The molecule has 6 aliphatic heterocycles. The van der Waals surface area contributed by atoms with Gasteiger partial charge in [0.2, 0.25) is 11.8 Å². The molecule has 76 heavy (non-hydrogen) atoms. The number of imide groups is 1. The third-order valence-corrected chi connectivity index (χ3v) is 16.6. The molecule has 6 saturated heterocycles. The zero-order chi connectivity index (χ0) is 52.2. The molecule has 3 aromatic heterocycles. The lowest BCUT2D eigenvalue weighted by Gasteiger charge is -2.35. The predicted octanol–water partition coefficient (Wildman–Crippen LogP) is 6.11. The zero-order valence-corrected chi connectivity index (χ0v) is 42.3. The molecule has 12 rings (SSSR count). The van der Waals surface area contributed by atoms with Crippen LogP contribution in [0.4, 0.5) is 19.4 Å². The average molecular weight is 1030 g/mol. The molecular formula is C57H58F2N10O7. The molecule has 2 bridgehead atoms. The lowest BCUT2D eigenvalue weighted by atomic mass is 9.95. The SMILES string of the molecule is C#Cc1c(F)ccc2cccc(-c3ncc4c(N5CC6CCC(C5)N6)nc(OC[C@@]56CCCN5[C@H](COC(=O)N5CCC(OCCC#Cc7ccc8c(c7)n(C)c(=O)n8C7CCC(=O)NC7=O)CC5)CC6)nc4c3F)c12. The Hall–Kier alpha value is -7.45. The van der Waals surface area contributed by atoms with Crippen molar-refractivity contribution in [2.45, 2.75) is 106 Å². The van der Waals surface area contributed by atoms with Crippen LogP contribution in [0, 0.1) is 35.8 Å². The smallest absolute Gasteiger partial charge is 0.409 e. The summed E-state index contributed by atoms with van der Waals surface area (Å²) in [6.07, 6.45) is 14.9. The molecule has 3 amide bonds. The number of nitrogens with zero attached hydrogens (tertiary/aromatic N) is 8. The van der Waals surface area contributed by atoms with Crippen LogP contribution in [0.5, 0.6) is 6.01 Å². The van der Waals surface area contributed by atoms with Gasteiger partial charge in [0.15, 0.2) is 5.82 Å². The summed E-state index contributed by atoms with van der Waals surface area (Å²) in [4.78, 5) is 71.5. The van der Waals surface area contributed by atoms with Crippen LogP contribution in [0.15, 0.2) is 59.5 Å². The standard InChI is InChI=1S/C57H58F2N10O7/c1-3-40-43(58)15-12-35-9-6-10-41(48(35)40)50-49(59)51-42(29-60-50)52(67-30-36-13-14-37(31-67)61-36)64-54(63-51)76-33-57-22-7-24-68(57)38(19-23-57)32-75-56(73)66-25-20-39(21-26-66)74-27-5-4-8-34-11-16-44-46(28-34)65(2)55(72)69(44)45-17-18-47(70)62-53(45)71/h1,6,9-12,15-16,28-29,36-39,45,61H,5,7,13-14,17-27,30-33H2,2H3,(H,62,70,71)/t36?,37?,38-,45?,57-/m0/s1. The zero-order valence-electron chi connectivity index (χ0n) is 42.3. The van der Waals surface area contributed by atoms with Crippen LogP contribution in [-0.4, -0.2) is 134 Å². The fraction of sp³-hybridized carbons (Fsp3) is 0.456. The fourth-order valence-corrected chi connectivity index (χ4v) is 12.7. The molecule has 0 saturated carbocycles. The normalized spacial score (nSPS) is 23.7. The Bertz CT molecular complexity index is 3490. The van der Waals surface area contributed by atoms with E-state index in [0.29, 0.717) is 90.6 Å². The molecule has 3 unspecified atom stereocenters. The second kappa shape index (κ2) is 20.2. The molecular weight excluding hydrogens is 975 g/mol. The highest BCUT2D eigenvalue weighted by atomic mass is 19.1. The number of piperazine rings is 1. The van der Waals surface area contributed by atoms with Crippen molar-refractivity contribution in [1.82, 2.24) is 44.5 Å². The Morgan fingerprint density at radius 1 is 0.947 bits per heavy atom. The van der Waals surface area contributed by atoms with Crippen LogP contribution in [0.25, 0.3) is 44.0 Å². The molecule has 0 spiro atoms. The van der Waals surface area contributed by atoms with E-state index in [1.165, 1.54) is 15.2 Å². The Morgan fingerprint density at radius 3 is 2.58 bits per heavy atom. The quantitative estimate of drug-likeness (QED) is 0.0864. The molecule has 3 aromatic carbocycles. The number of imidazole rings is 1. The highest BCUT2D eigenvalue weighted by Crippen LogP contribution is 2.44. The van der Waals surface area contributed by atoms with Gasteiger partial charge in [0.1, 0.15) is 42.1 Å². The van der Waals surface area contributed by atoms with Gasteiger partial charge in [-0.2, -0.15) is 9.97 Å². The minimum atomic E-state index is -0.750. The van der Waals surface area contributed by atoms with Crippen LogP contribution >= 0.6 is 0 Å². The lowest BCUT2D eigenvalue weighted by molar-refractivity contribution is -0.135. The number of hydrogen-bond acceptors (Lipinski definition) is 13. The molecule has 392 valence electrons. The number of ether oxygens (including phenoxy) is 3. The Balaban J connectivity index is 0.660. The topological polar surface area (TPSA) is 178 Å². The van der Waals surface area contributed by atoms with E-state index in [4.69, 9.17) is 30.6 Å². The van der Waals surface area contributed by atoms with E-state index >= 15 is 8.78 Å². The van der Waals surface area contributed by atoms with E-state index in [-0.39, 0.29) is 96.3 Å². The summed E-state index contributed by atoms with van der Waals surface area (Å²) in [6, 6.07) is 13.5. The first-order valence-corrected chi connectivity index (χ1v) is 26.5. The largest absolute Gasteiger partial charge is 0.461 e. The van der Waals surface area contributed by atoms with Crippen molar-refractivity contribution in [3.05, 3.63) is 88.0 Å². The van der Waals surface area contributed by atoms with Gasteiger partial charge in [-0.15, -0.1) is 6.42 Å². The molecule has 9 heterocycles. The number of rotatable bonds is 11. The van der Waals surface area contributed by atoms with E-state index in [1.807, 2.05) is 18.2 Å². The number of nitrogens with one attached hydrogen (secondary N) is 2. The van der Waals surface area contributed by atoms with E-state index in [1.54, 1.807) is 42.4 Å². The van der Waals surface area contributed by atoms with Gasteiger partial charge in [0.25, 0.3) is 0 Å². The van der Waals surface area contributed by atoms with E-state index < -0.39 is 23.6 Å². The molecule has 6 aliphatic rings. The maximum absolute atomic E-state index is 17.2. The highest BCUT2D eigenvalue weighted by Gasteiger charge is 2.50. The van der Waals surface area contributed by atoms with Gasteiger partial charge in [-0.05, 0) is 94.0 Å². The molecule has 6 aromatic rings. The number of pyridine rings is 1. The maximum atomic E-state index is 17.2. The maximum Gasteiger partial charge on any atom is 0.409 e. The number of amides is 3. The minimum absolute atomic E-state index is 0.00759. The lowest BCUT2D eigenvalue weighted by Crippen LogP contribution is -2.51. The summed E-state index contributed by atoms with van der Waals surface area (Å²) in [5.74, 6) is 7.30. The Kier molecular flexibility index (Phi) is 13.2. The third kappa shape index (κ3) is 9.07. The summed E-state index contributed by atoms with van der Waals surface area (Å²) in [5.41, 5.74) is 1.80. The Labute approximate surface area is 437 Å². The summed E-state index contributed by atoms with van der Waals surface area (Å²) in [5, 5.41) is 7.53. The minimum Gasteiger partial charge on any atom is -0.461 e. The highest BCUT2D eigenvalue weighted by molar-refractivity contribution is 6.02. The number of fused-ring (bicyclic) bond motifs is 6. The van der Waals surface area contributed by atoms with Gasteiger partial charge in [-0.1, -0.05) is 42.0 Å². The first-order valence-electron chi connectivity index (χ1n) is 26.5. The van der Waals surface area contributed by atoms with Crippen molar-refractivity contribution in [2.75, 3.05) is 57.4 Å². The number of terminal acetylenes is 1. The number of aromatic nitrogens is 5. The number of piperidine rings is 2. The fourth-order valence-electron chi connectivity index (χ4n) is 12.7. The molecule has 2 N–H and O–H groups in total. The predicted molar refractivity (Wildman–Crippen MR) is 279 cm³/mol. The molecule has 0 aliphatic carbocycles. The number of carbonyl (C=O) groups excluding carboxylic acids is 3. The van der Waals surface area contributed by atoms with Crippen LogP contribution in [0.1, 0.15) is 87.8 Å². The number of likely N-dealkylation sites (tertiary alicyclic amines) is 1. The van der Waals surface area contributed by atoms with Crippen LogP contribution in [0.3, 0.4) is 0 Å². The number of benzene rings is 3. The summed E-state index contributed by atoms with van der Waals surface area (Å²) in [7, 11) is 1.65. The van der Waals surface area contributed by atoms with Gasteiger partial charge in [0.05, 0.1) is 40.2 Å². The number of anilines is 1.